The molecule has 0 heterocycles. The van der Waals surface area contributed by atoms with Crippen LogP contribution >= 0.6 is 0 Å². The van der Waals surface area contributed by atoms with Crippen LogP contribution in [0.5, 0.6) is 0 Å². The zero-order chi connectivity index (χ0) is 28.1. The second kappa shape index (κ2) is 8.34. The van der Waals surface area contributed by atoms with Gasteiger partial charge in [-0.25, -0.2) is 4.39 Å². The number of allylic oxidation sites excluding steroid dienone is 3. The SMILES string of the molecule is COC(=O)[C@]12CCC(C)(C)C[C@H]1[C@H]1C(=O)C=C3[C@@]4(C)CC(=CF)C(=O)[C@](C)(CO)[C@@H]4CC[C@@]3(C)[C@]1(C)CC2. The minimum atomic E-state index is -1.09. The number of carbonyl (C=O) groups is 3. The summed E-state index contributed by atoms with van der Waals surface area (Å²) in [5, 5.41) is 10.4. The van der Waals surface area contributed by atoms with E-state index in [-0.39, 0.29) is 70.1 Å². The van der Waals surface area contributed by atoms with Gasteiger partial charge in [0.15, 0.2) is 11.6 Å². The van der Waals surface area contributed by atoms with Gasteiger partial charge >= 0.3 is 5.97 Å². The molecule has 210 valence electrons. The van der Waals surface area contributed by atoms with E-state index in [0.717, 1.165) is 44.1 Å². The van der Waals surface area contributed by atoms with Gasteiger partial charge in [0, 0.05) is 11.5 Å². The third-order valence-corrected chi connectivity index (χ3v) is 12.9. The summed E-state index contributed by atoms with van der Waals surface area (Å²) >= 11 is 0. The fourth-order valence-corrected chi connectivity index (χ4v) is 10.5. The predicted molar refractivity (Wildman–Crippen MR) is 142 cm³/mol. The highest BCUT2D eigenvalue weighted by atomic mass is 19.1. The van der Waals surface area contributed by atoms with Crippen molar-refractivity contribution in [3.8, 4) is 0 Å². The number of Topliss-reactive ketones (excluding diaryl/α,β-unsaturated/α-hetero) is 1. The van der Waals surface area contributed by atoms with Gasteiger partial charge in [-0.05, 0) is 97.9 Å². The number of rotatable bonds is 2. The molecule has 0 unspecified atom stereocenters. The van der Waals surface area contributed by atoms with Gasteiger partial charge in [0.2, 0.25) is 0 Å². The molecule has 0 spiro atoms. The number of esters is 1. The summed E-state index contributed by atoms with van der Waals surface area (Å²) in [7, 11) is 1.46. The normalized spacial score (nSPS) is 48.8. The number of aliphatic hydroxyl groups is 1. The Morgan fingerprint density at radius 2 is 1.74 bits per heavy atom. The molecule has 5 nitrogen and oxygen atoms in total. The van der Waals surface area contributed by atoms with Crippen molar-refractivity contribution in [3.05, 3.63) is 23.6 Å². The zero-order valence-electron chi connectivity index (χ0n) is 24.2. The molecule has 0 aromatic rings. The monoisotopic (exact) mass is 528 g/mol. The molecule has 0 aliphatic heterocycles. The second-order valence-corrected chi connectivity index (χ2v) is 15.0. The largest absolute Gasteiger partial charge is 0.469 e. The summed E-state index contributed by atoms with van der Waals surface area (Å²) in [5.41, 5.74) is -1.93. The average molecular weight is 529 g/mol. The summed E-state index contributed by atoms with van der Waals surface area (Å²) in [6, 6.07) is 0. The van der Waals surface area contributed by atoms with E-state index in [0.29, 0.717) is 12.8 Å². The highest BCUT2D eigenvalue weighted by Crippen LogP contribution is 2.75. The lowest BCUT2D eigenvalue weighted by Gasteiger charge is -2.69. The average Bonchev–Trinajstić information content (AvgIpc) is 2.86. The molecule has 0 amide bonds. The standard InChI is InChI=1S/C32H45FO5/c1-27(2)10-12-32(26(37)38-7)13-11-31(6)24(20(32)16-27)21(35)14-23-28(3)15-19(17-33)25(36)29(4,18-34)22(28)8-9-30(23,31)5/h14,17,20,22,24,34H,8-13,15-16,18H2,1-7H3/t20-,22+,24-,28-,29+,30+,31+,32-/m0/s1. The van der Waals surface area contributed by atoms with Crippen LogP contribution in [-0.2, 0) is 19.1 Å². The van der Waals surface area contributed by atoms with E-state index in [1.165, 1.54) is 7.11 Å². The fraction of sp³-hybridized carbons (Fsp3) is 0.781. The van der Waals surface area contributed by atoms with Crippen LogP contribution in [0, 0.1) is 50.2 Å². The molecule has 6 heteroatoms. The first-order valence-electron chi connectivity index (χ1n) is 14.4. The van der Waals surface area contributed by atoms with Gasteiger partial charge in [-0.15, -0.1) is 0 Å². The fourth-order valence-electron chi connectivity index (χ4n) is 10.5. The maximum Gasteiger partial charge on any atom is 0.312 e. The molecule has 4 fully saturated rings. The summed E-state index contributed by atoms with van der Waals surface area (Å²) < 4.78 is 19.5. The van der Waals surface area contributed by atoms with Gasteiger partial charge in [0.05, 0.1) is 30.9 Å². The Balaban J connectivity index is 1.68. The second-order valence-electron chi connectivity index (χ2n) is 15.0. The van der Waals surface area contributed by atoms with Gasteiger partial charge in [-0.2, -0.15) is 0 Å². The number of hydrogen-bond acceptors (Lipinski definition) is 5. The van der Waals surface area contributed by atoms with E-state index >= 15 is 0 Å². The Kier molecular flexibility index (Phi) is 6.09. The van der Waals surface area contributed by atoms with Crippen molar-refractivity contribution in [3.63, 3.8) is 0 Å². The molecule has 0 aromatic carbocycles. The first-order valence-corrected chi connectivity index (χ1v) is 14.4. The lowest BCUT2D eigenvalue weighted by Crippen LogP contribution is -2.66. The van der Waals surface area contributed by atoms with Crippen LogP contribution in [0.2, 0.25) is 0 Å². The molecule has 0 radical (unpaired) electrons. The van der Waals surface area contributed by atoms with E-state index in [9.17, 15) is 23.9 Å². The summed E-state index contributed by atoms with van der Waals surface area (Å²) in [4.78, 5) is 41.0. The lowest BCUT2D eigenvalue weighted by atomic mass is 9.33. The Hall–Kier alpha value is -1.82. The number of ketones is 2. The van der Waals surface area contributed by atoms with Crippen LogP contribution < -0.4 is 0 Å². The Morgan fingerprint density at radius 1 is 1.08 bits per heavy atom. The maximum absolute atomic E-state index is 14.4. The topological polar surface area (TPSA) is 80.7 Å². The first kappa shape index (κ1) is 27.7. The summed E-state index contributed by atoms with van der Waals surface area (Å²) in [6.07, 6.45) is 7.91. The number of aliphatic hydroxyl groups excluding tert-OH is 1. The molecule has 5 aliphatic rings. The molecule has 5 rings (SSSR count). The Morgan fingerprint density at radius 3 is 2.34 bits per heavy atom. The van der Waals surface area contributed by atoms with Gasteiger partial charge in [-0.3, -0.25) is 14.4 Å². The molecular formula is C32H45FO5. The zero-order valence-corrected chi connectivity index (χ0v) is 24.2. The van der Waals surface area contributed by atoms with Crippen LogP contribution in [0.4, 0.5) is 4.39 Å². The van der Waals surface area contributed by atoms with Crippen molar-refractivity contribution < 1.29 is 28.6 Å². The smallest absolute Gasteiger partial charge is 0.312 e. The third kappa shape index (κ3) is 3.22. The number of methoxy groups -OCH3 is 1. The van der Waals surface area contributed by atoms with Crippen LogP contribution in [0.3, 0.4) is 0 Å². The minimum Gasteiger partial charge on any atom is -0.469 e. The predicted octanol–water partition coefficient (Wildman–Crippen LogP) is 6.14. The molecule has 0 aromatic heterocycles. The number of fused-ring (bicyclic) bond motifs is 7. The van der Waals surface area contributed by atoms with Gasteiger partial charge in [0.1, 0.15) is 0 Å². The highest BCUT2D eigenvalue weighted by Gasteiger charge is 2.71. The van der Waals surface area contributed by atoms with E-state index in [1.54, 1.807) is 6.92 Å². The van der Waals surface area contributed by atoms with Crippen molar-refractivity contribution in [2.75, 3.05) is 13.7 Å². The van der Waals surface area contributed by atoms with Crippen LogP contribution in [-0.4, -0.2) is 36.4 Å². The molecule has 38 heavy (non-hydrogen) atoms. The van der Waals surface area contributed by atoms with Gasteiger partial charge < -0.3 is 9.84 Å². The molecule has 8 atom stereocenters. The lowest BCUT2D eigenvalue weighted by molar-refractivity contribution is -0.192. The number of hydrogen-bond donors (Lipinski definition) is 1. The molecular weight excluding hydrogens is 483 g/mol. The van der Waals surface area contributed by atoms with Gasteiger partial charge in [-0.1, -0.05) is 40.2 Å². The first-order chi connectivity index (χ1) is 17.6. The summed E-state index contributed by atoms with van der Waals surface area (Å²) in [5.74, 6) is -1.01. The quantitative estimate of drug-likeness (QED) is 0.344. The van der Waals surface area contributed by atoms with E-state index in [2.05, 4.69) is 34.6 Å². The molecule has 1 N–H and O–H groups in total. The maximum atomic E-state index is 14.4. The van der Waals surface area contributed by atoms with Crippen molar-refractivity contribution in [2.45, 2.75) is 92.9 Å². The molecule has 0 bridgehead atoms. The van der Waals surface area contributed by atoms with Crippen LogP contribution in [0.25, 0.3) is 0 Å². The number of ether oxygens (including phenoxy) is 1. The summed E-state index contributed by atoms with van der Waals surface area (Å²) in [6.45, 7) is 12.5. The van der Waals surface area contributed by atoms with Crippen molar-refractivity contribution >= 4 is 17.5 Å². The van der Waals surface area contributed by atoms with E-state index in [4.69, 9.17) is 4.74 Å². The Bertz CT molecular complexity index is 1150. The van der Waals surface area contributed by atoms with E-state index < -0.39 is 16.2 Å². The Labute approximate surface area is 226 Å². The van der Waals surface area contributed by atoms with Crippen molar-refractivity contribution in [1.29, 1.82) is 0 Å². The molecule has 0 saturated heterocycles. The molecule has 5 aliphatic carbocycles. The number of halogens is 1. The van der Waals surface area contributed by atoms with Crippen molar-refractivity contribution in [2.24, 2.45) is 50.2 Å². The van der Waals surface area contributed by atoms with Crippen LogP contribution in [0.15, 0.2) is 23.6 Å². The molecule has 4 saturated carbocycles. The highest BCUT2D eigenvalue weighted by molar-refractivity contribution is 6.02. The van der Waals surface area contributed by atoms with Gasteiger partial charge in [0.25, 0.3) is 0 Å². The third-order valence-electron chi connectivity index (χ3n) is 12.9. The van der Waals surface area contributed by atoms with Crippen LogP contribution in [0.1, 0.15) is 92.9 Å². The minimum absolute atomic E-state index is 0.0305. The number of carbonyl (C=O) groups excluding carboxylic acids is 3. The van der Waals surface area contributed by atoms with Crippen molar-refractivity contribution in [1.82, 2.24) is 0 Å². The van der Waals surface area contributed by atoms with E-state index in [1.807, 2.05) is 6.08 Å².